The summed E-state index contributed by atoms with van der Waals surface area (Å²) < 4.78 is 24.6. The van der Waals surface area contributed by atoms with Gasteiger partial charge < -0.3 is 5.32 Å². The lowest BCUT2D eigenvalue weighted by molar-refractivity contribution is -0.385. The number of rotatable bonds is 6. The predicted molar refractivity (Wildman–Crippen MR) is 78.6 cm³/mol. The molecule has 0 unspecified atom stereocenters. The molecule has 1 aromatic heterocycles. The molecule has 2 heterocycles. The third-order valence-electron chi connectivity index (χ3n) is 3.51. The van der Waals surface area contributed by atoms with Crippen LogP contribution in [0.15, 0.2) is 12.3 Å². The Hall–Kier alpha value is -1.74. The standard InChI is InChI=1S/C12H18N4O4S/c1-3-21(19,20)15-7-10(8-15)5-13-12-9(2)4-11(6-14-12)16(17)18/h4,6,10H,3,5,7-8H2,1-2H3,(H,13,14). The van der Waals surface area contributed by atoms with Gasteiger partial charge >= 0.3 is 0 Å². The van der Waals surface area contributed by atoms with Gasteiger partial charge in [-0.15, -0.1) is 0 Å². The van der Waals surface area contributed by atoms with Crippen LogP contribution in [0.4, 0.5) is 11.5 Å². The number of anilines is 1. The summed E-state index contributed by atoms with van der Waals surface area (Å²) in [6, 6.07) is 1.46. The van der Waals surface area contributed by atoms with Crippen LogP contribution >= 0.6 is 0 Å². The Kier molecular flexibility index (Phi) is 4.43. The van der Waals surface area contributed by atoms with Gasteiger partial charge in [-0.1, -0.05) is 0 Å². The topological polar surface area (TPSA) is 105 Å². The number of aryl methyl sites for hydroxylation is 1. The molecule has 1 saturated heterocycles. The molecule has 0 spiro atoms. The molecule has 116 valence electrons. The molecule has 1 aliphatic heterocycles. The summed E-state index contributed by atoms with van der Waals surface area (Å²) in [5.41, 5.74) is 0.656. The van der Waals surface area contributed by atoms with E-state index in [2.05, 4.69) is 10.3 Å². The molecule has 0 saturated carbocycles. The molecular weight excluding hydrogens is 296 g/mol. The quantitative estimate of drug-likeness (QED) is 0.620. The van der Waals surface area contributed by atoms with Gasteiger partial charge in [0.1, 0.15) is 12.0 Å². The highest BCUT2D eigenvalue weighted by atomic mass is 32.2. The smallest absolute Gasteiger partial charge is 0.287 e. The van der Waals surface area contributed by atoms with E-state index in [0.29, 0.717) is 31.0 Å². The van der Waals surface area contributed by atoms with E-state index in [9.17, 15) is 18.5 Å². The number of hydrogen-bond donors (Lipinski definition) is 1. The Morgan fingerprint density at radius 3 is 2.71 bits per heavy atom. The highest BCUT2D eigenvalue weighted by Gasteiger charge is 2.34. The Morgan fingerprint density at radius 1 is 1.52 bits per heavy atom. The first-order valence-corrected chi connectivity index (χ1v) is 8.27. The van der Waals surface area contributed by atoms with Gasteiger partial charge in [-0.3, -0.25) is 10.1 Å². The Morgan fingerprint density at radius 2 is 2.19 bits per heavy atom. The number of sulfonamides is 1. The van der Waals surface area contributed by atoms with Crippen molar-refractivity contribution in [3.8, 4) is 0 Å². The minimum atomic E-state index is -3.09. The van der Waals surface area contributed by atoms with Crippen molar-refractivity contribution in [2.24, 2.45) is 5.92 Å². The van der Waals surface area contributed by atoms with Crippen molar-refractivity contribution < 1.29 is 13.3 Å². The van der Waals surface area contributed by atoms with Crippen LogP contribution in [0, 0.1) is 23.0 Å². The van der Waals surface area contributed by atoms with Crippen LogP contribution in [-0.4, -0.2) is 48.0 Å². The van der Waals surface area contributed by atoms with Gasteiger partial charge in [0.25, 0.3) is 5.69 Å². The summed E-state index contributed by atoms with van der Waals surface area (Å²) in [5, 5.41) is 13.7. The van der Waals surface area contributed by atoms with E-state index in [1.165, 1.54) is 16.6 Å². The fourth-order valence-corrected chi connectivity index (χ4v) is 3.39. The zero-order chi connectivity index (χ0) is 15.6. The fourth-order valence-electron chi connectivity index (χ4n) is 2.15. The first-order valence-electron chi connectivity index (χ1n) is 6.66. The van der Waals surface area contributed by atoms with Crippen LogP contribution in [-0.2, 0) is 10.0 Å². The summed E-state index contributed by atoms with van der Waals surface area (Å²) in [7, 11) is -3.09. The second-order valence-electron chi connectivity index (χ2n) is 5.08. The zero-order valence-electron chi connectivity index (χ0n) is 11.9. The lowest BCUT2D eigenvalue weighted by Gasteiger charge is -2.38. The monoisotopic (exact) mass is 314 g/mol. The molecule has 9 heteroatoms. The van der Waals surface area contributed by atoms with Crippen LogP contribution in [0.3, 0.4) is 0 Å². The molecule has 0 aromatic carbocycles. The van der Waals surface area contributed by atoms with Crippen LogP contribution in [0.5, 0.6) is 0 Å². The minimum Gasteiger partial charge on any atom is -0.369 e. The van der Waals surface area contributed by atoms with Crippen molar-refractivity contribution >= 4 is 21.5 Å². The fraction of sp³-hybridized carbons (Fsp3) is 0.583. The van der Waals surface area contributed by atoms with Crippen molar-refractivity contribution in [1.82, 2.24) is 9.29 Å². The van der Waals surface area contributed by atoms with E-state index in [4.69, 9.17) is 0 Å². The first-order chi connectivity index (χ1) is 9.83. The normalized spacial score (nSPS) is 16.5. The van der Waals surface area contributed by atoms with E-state index in [0.717, 1.165) is 0 Å². The lowest BCUT2D eigenvalue weighted by Crippen LogP contribution is -2.52. The van der Waals surface area contributed by atoms with Crippen molar-refractivity contribution in [2.75, 3.05) is 30.7 Å². The van der Waals surface area contributed by atoms with Crippen LogP contribution in [0.1, 0.15) is 12.5 Å². The van der Waals surface area contributed by atoms with Gasteiger partial charge in [-0.05, 0) is 19.4 Å². The van der Waals surface area contributed by atoms with E-state index >= 15 is 0 Å². The Balaban J connectivity index is 1.87. The molecule has 1 fully saturated rings. The molecule has 0 amide bonds. The summed E-state index contributed by atoms with van der Waals surface area (Å²) in [6.45, 7) is 4.99. The zero-order valence-corrected chi connectivity index (χ0v) is 12.8. The molecular formula is C12H18N4O4S. The Labute approximate surface area is 123 Å². The van der Waals surface area contributed by atoms with Crippen LogP contribution < -0.4 is 5.32 Å². The van der Waals surface area contributed by atoms with E-state index in [-0.39, 0.29) is 17.4 Å². The van der Waals surface area contributed by atoms with Gasteiger partial charge in [0.05, 0.1) is 10.7 Å². The van der Waals surface area contributed by atoms with Gasteiger partial charge in [0, 0.05) is 31.6 Å². The maximum absolute atomic E-state index is 11.6. The lowest BCUT2D eigenvalue weighted by atomic mass is 10.0. The second-order valence-corrected chi connectivity index (χ2v) is 7.34. The van der Waals surface area contributed by atoms with Crippen molar-refractivity contribution in [3.05, 3.63) is 27.9 Å². The average Bonchev–Trinajstić information content (AvgIpc) is 2.38. The molecule has 0 aliphatic carbocycles. The van der Waals surface area contributed by atoms with Crippen molar-refractivity contribution in [2.45, 2.75) is 13.8 Å². The molecule has 8 nitrogen and oxygen atoms in total. The number of hydrogen-bond acceptors (Lipinski definition) is 6. The molecule has 1 aromatic rings. The second kappa shape index (κ2) is 5.94. The van der Waals surface area contributed by atoms with E-state index < -0.39 is 14.9 Å². The van der Waals surface area contributed by atoms with Crippen molar-refractivity contribution in [1.29, 1.82) is 0 Å². The number of nitrogens with one attached hydrogen (secondary N) is 1. The van der Waals surface area contributed by atoms with Gasteiger partial charge in [-0.25, -0.2) is 17.7 Å². The molecule has 0 bridgehead atoms. The molecule has 1 N–H and O–H groups in total. The van der Waals surface area contributed by atoms with Gasteiger partial charge in [-0.2, -0.15) is 0 Å². The van der Waals surface area contributed by atoms with Crippen LogP contribution in [0.25, 0.3) is 0 Å². The largest absolute Gasteiger partial charge is 0.369 e. The number of aromatic nitrogens is 1. The molecule has 1 aliphatic rings. The maximum atomic E-state index is 11.6. The molecule has 0 radical (unpaired) electrons. The highest BCUT2D eigenvalue weighted by Crippen LogP contribution is 2.22. The maximum Gasteiger partial charge on any atom is 0.287 e. The number of nitro groups is 1. The number of nitrogens with zero attached hydrogens (tertiary/aromatic N) is 3. The summed E-state index contributed by atoms with van der Waals surface area (Å²) >= 11 is 0. The molecule has 21 heavy (non-hydrogen) atoms. The van der Waals surface area contributed by atoms with Crippen molar-refractivity contribution in [3.63, 3.8) is 0 Å². The molecule has 2 rings (SSSR count). The number of pyridine rings is 1. The first kappa shape index (κ1) is 15.6. The molecule has 0 atom stereocenters. The Bertz CT molecular complexity index is 641. The highest BCUT2D eigenvalue weighted by molar-refractivity contribution is 7.89. The summed E-state index contributed by atoms with van der Waals surface area (Å²) in [4.78, 5) is 14.2. The summed E-state index contributed by atoms with van der Waals surface area (Å²) in [6.07, 6.45) is 1.21. The van der Waals surface area contributed by atoms with E-state index in [1.54, 1.807) is 13.8 Å². The third kappa shape index (κ3) is 3.48. The average molecular weight is 314 g/mol. The van der Waals surface area contributed by atoms with Crippen LogP contribution in [0.2, 0.25) is 0 Å². The third-order valence-corrected chi connectivity index (χ3v) is 5.33. The van der Waals surface area contributed by atoms with Gasteiger partial charge in [0.2, 0.25) is 10.0 Å². The minimum absolute atomic E-state index is 0.0399. The van der Waals surface area contributed by atoms with E-state index in [1.807, 2.05) is 0 Å². The summed E-state index contributed by atoms with van der Waals surface area (Å²) in [5.74, 6) is 0.955. The SMILES string of the molecule is CCS(=O)(=O)N1CC(CNc2ncc([N+](=O)[O-])cc2C)C1. The van der Waals surface area contributed by atoms with Gasteiger partial charge in [0.15, 0.2) is 0 Å². The predicted octanol–water partition coefficient (Wildman–Crippen LogP) is 0.992.